The first-order valence-corrected chi connectivity index (χ1v) is 11.4. The third kappa shape index (κ3) is 4.42. The summed E-state index contributed by atoms with van der Waals surface area (Å²) in [5.74, 6) is 0.738. The molecule has 30 heavy (non-hydrogen) atoms. The number of carbonyl (C=O) groups is 1. The number of amides is 1. The molecule has 0 N–H and O–H groups in total. The van der Waals surface area contributed by atoms with Crippen LogP contribution in [0.5, 0.6) is 5.75 Å². The van der Waals surface area contributed by atoms with Crippen molar-refractivity contribution in [3.63, 3.8) is 0 Å². The fraction of sp³-hybridized carbons (Fsp3) is 0.174. The van der Waals surface area contributed by atoms with Gasteiger partial charge in [0.1, 0.15) is 10.8 Å². The predicted molar refractivity (Wildman–Crippen MR) is 123 cm³/mol. The molecule has 0 radical (unpaired) electrons. The largest absolute Gasteiger partial charge is 0.493 e. The molecule has 5 nitrogen and oxygen atoms in total. The number of aryl methyl sites for hydroxylation is 1. The fourth-order valence-electron chi connectivity index (χ4n) is 3.05. The molecule has 0 bridgehead atoms. The van der Waals surface area contributed by atoms with Crippen molar-refractivity contribution in [2.24, 2.45) is 0 Å². The number of hydrogen-bond acceptors (Lipinski definition) is 6. The van der Waals surface area contributed by atoms with Gasteiger partial charge in [0.15, 0.2) is 5.13 Å². The summed E-state index contributed by atoms with van der Waals surface area (Å²) in [5, 5.41) is 5.40. The van der Waals surface area contributed by atoms with Crippen LogP contribution in [0.1, 0.15) is 18.3 Å². The first kappa shape index (κ1) is 20.3. The van der Waals surface area contributed by atoms with E-state index in [0.717, 1.165) is 33.4 Å². The molecule has 0 spiro atoms. The minimum Gasteiger partial charge on any atom is -0.493 e. The first-order valence-electron chi connectivity index (χ1n) is 9.62. The van der Waals surface area contributed by atoms with Crippen LogP contribution in [0.2, 0.25) is 0 Å². The number of benzene rings is 2. The van der Waals surface area contributed by atoms with Crippen molar-refractivity contribution in [2.45, 2.75) is 20.3 Å². The fourth-order valence-corrected chi connectivity index (χ4v) is 4.74. The van der Waals surface area contributed by atoms with Gasteiger partial charge in [-0.05, 0) is 38.1 Å². The summed E-state index contributed by atoms with van der Waals surface area (Å²) in [7, 11) is 0. The third-order valence-corrected chi connectivity index (χ3v) is 6.23. The van der Waals surface area contributed by atoms with E-state index in [2.05, 4.69) is 4.98 Å². The number of rotatable bonds is 7. The molecule has 0 saturated carbocycles. The van der Waals surface area contributed by atoms with Gasteiger partial charge in [0.05, 0.1) is 35.7 Å². The monoisotopic (exact) mass is 435 g/mol. The van der Waals surface area contributed by atoms with Crippen molar-refractivity contribution >= 4 is 39.4 Å². The zero-order chi connectivity index (χ0) is 20.9. The molecular formula is C23H21N3O2S2. The molecule has 0 aliphatic heterocycles. The zero-order valence-corrected chi connectivity index (χ0v) is 18.4. The van der Waals surface area contributed by atoms with Gasteiger partial charge >= 0.3 is 0 Å². The van der Waals surface area contributed by atoms with Crippen LogP contribution in [-0.2, 0) is 11.2 Å². The average Bonchev–Trinajstić information content (AvgIpc) is 3.39. The second-order valence-electron chi connectivity index (χ2n) is 6.59. The van der Waals surface area contributed by atoms with Crippen molar-refractivity contribution in [1.82, 2.24) is 9.97 Å². The molecule has 7 heteroatoms. The topological polar surface area (TPSA) is 55.3 Å². The summed E-state index contributed by atoms with van der Waals surface area (Å²) in [6, 6.07) is 17.4. The number of ether oxygens (including phenoxy) is 1. The Morgan fingerprint density at radius 2 is 1.77 bits per heavy atom. The molecule has 0 aliphatic rings. The number of anilines is 2. The molecule has 4 rings (SSSR count). The van der Waals surface area contributed by atoms with E-state index in [0.29, 0.717) is 11.7 Å². The zero-order valence-electron chi connectivity index (χ0n) is 16.7. The average molecular weight is 436 g/mol. The Labute approximate surface area is 183 Å². The minimum atomic E-state index is -0.0644. The van der Waals surface area contributed by atoms with Crippen LogP contribution in [-0.4, -0.2) is 22.5 Å². The van der Waals surface area contributed by atoms with Crippen LogP contribution in [0.4, 0.5) is 10.8 Å². The summed E-state index contributed by atoms with van der Waals surface area (Å²) < 4.78 is 5.72. The highest BCUT2D eigenvalue weighted by molar-refractivity contribution is 7.14. The number of carbonyl (C=O) groups excluding carboxylic acids is 1. The quantitative estimate of drug-likeness (QED) is 0.364. The number of nitrogens with zero attached hydrogens (tertiary/aromatic N) is 3. The number of hydrogen-bond donors (Lipinski definition) is 0. The molecule has 2 aromatic carbocycles. The number of thiazole rings is 2. The maximum atomic E-state index is 13.3. The van der Waals surface area contributed by atoms with Crippen LogP contribution in [0, 0.1) is 6.92 Å². The van der Waals surface area contributed by atoms with E-state index in [1.54, 1.807) is 4.90 Å². The van der Waals surface area contributed by atoms with Crippen molar-refractivity contribution in [2.75, 3.05) is 11.5 Å². The third-order valence-electron chi connectivity index (χ3n) is 4.36. The molecule has 0 fully saturated rings. The van der Waals surface area contributed by atoms with Crippen molar-refractivity contribution < 1.29 is 9.53 Å². The second kappa shape index (κ2) is 9.19. The molecule has 0 saturated heterocycles. The normalized spacial score (nSPS) is 10.7. The Morgan fingerprint density at radius 3 is 2.50 bits per heavy atom. The van der Waals surface area contributed by atoms with Gasteiger partial charge < -0.3 is 4.74 Å². The molecule has 152 valence electrons. The summed E-state index contributed by atoms with van der Waals surface area (Å²) >= 11 is 2.98. The van der Waals surface area contributed by atoms with E-state index < -0.39 is 0 Å². The van der Waals surface area contributed by atoms with Gasteiger partial charge in [-0.2, -0.15) is 0 Å². The van der Waals surface area contributed by atoms with Crippen LogP contribution in [0.25, 0.3) is 10.6 Å². The van der Waals surface area contributed by atoms with E-state index in [4.69, 9.17) is 9.72 Å². The van der Waals surface area contributed by atoms with Crippen LogP contribution in [0.15, 0.2) is 65.4 Å². The van der Waals surface area contributed by atoms with Gasteiger partial charge in [-0.1, -0.05) is 30.3 Å². The summed E-state index contributed by atoms with van der Waals surface area (Å²) in [5.41, 5.74) is 3.38. The van der Waals surface area contributed by atoms with Crippen LogP contribution >= 0.6 is 22.7 Å². The van der Waals surface area contributed by atoms with Crippen molar-refractivity contribution in [3.05, 3.63) is 76.7 Å². The minimum absolute atomic E-state index is 0.0644. The van der Waals surface area contributed by atoms with Gasteiger partial charge in [-0.25, -0.2) is 9.97 Å². The summed E-state index contributed by atoms with van der Waals surface area (Å²) in [6.45, 7) is 4.48. The second-order valence-corrected chi connectivity index (χ2v) is 8.28. The molecule has 2 aromatic heterocycles. The first-order chi connectivity index (χ1) is 14.7. The maximum Gasteiger partial charge on any atom is 0.239 e. The van der Waals surface area contributed by atoms with E-state index in [9.17, 15) is 4.79 Å². The standard InChI is InChI=1S/C23H21N3O2S2/c1-3-28-20-12-8-7-11-19(20)22-25-17(15-29-22)13-21(27)26(18-9-5-4-6-10-18)23-24-16(2)14-30-23/h4-12,14-15H,3,13H2,1-2H3. The molecule has 0 aliphatic carbocycles. The van der Waals surface area contributed by atoms with Crippen LogP contribution < -0.4 is 9.64 Å². The lowest BCUT2D eigenvalue weighted by Gasteiger charge is -2.19. The lowest BCUT2D eigenvalue weighted by Crippen LogP contribution is -2.27. The van der Waals surface area contributed by atoms with Crippen LogP contribution in [0.3, 0.4) is 0 Å². The molecule has 0 atom stereocenters. The van der Waals surface area contributed by atoms with Gasteiger partial charge in [-0.3, -0.25) is 9.69 Å². The maximum absolute atomic E-state index is 13.3. The highest BCUT2D eigenvalue weighted by Gasteiger charge is 2.22. The summed E-state index contributed by atoms with van der Waals surface area (Å²) in [4.78, 5) is 24.2. The molecule has 0 unspecified atom stereocenters. The smallest absolute Gasteiger partial charge is 0.239 e. The van der Waals surface area contributed by atoms with Crippen molar-refractivity contribution in [1.29, 1.82) is 0 Å². The molecular weight excluding hydrogens is 414 g/mol. The Morgan fingerprint density at radius 1 is 1.00 bits per heavy atom. The van der Waals surface area contributed by atoms with Crippen molar-refractivity contribution in [3.8, 4) is 16.3 Å². The molecule has 1 amide bonds. The Balaban J connectivity index is 1.60. The van der Waals surface area contributed by atoms with E-state index in [1.165, 1.54) is 22.7 Å². The Kier molecular flexibility index (Phi) is 6.21. The number of para-hydroxylation sites is 2. The van der Waals surface area contributed by atoms with E-state index >= 15 is 0 Å². The van der Waals surface area contributed by atoms with Gasteiger partial charge in [0.25, 0.3) is 0 Å². The van der Waals surface area contributed by atoms with E-state index in [1.807, 2.05) is 79.2 Å². The van der Waals surface area contributed by atoms with Gasteiger partial charge in [0, 0.05) is 10.8 Å². The van der Waals surface area contributed by atoms with E-state index in [-0.39, 0.29) is 12.3 Å². The highest BCUT2D eigenvalue weighted by Crippen LogP contribution is 2.33. The Hall–Kier alpha value is -3.03. The summed E-state index contributed by atoms with van der Waals surface area (Å²) in [6.07, 6.45) is 0.195. The lowest BCUT2D eigenvalue weighted by atomic mass is 10.2. The predicted octanol–water partition coefficient (Wildman–Crippen LogP) is 5.88. The SMILES string of the molecule is CCOc1ccccc1-c1nc(CC(=O)N(c2ccccc2)c2nc(C)cs2)cs1. The number of aromatic nitrogens is 2. The highest BCUT2D eigenvalue weighted by atomic mass is 32.1. The molecule has 4 aromatic rings. The van der Waals surface area contributed by atoms with Gasteiger partial charge in [-0.15, -0.1) is 22.7 Å². The Bertz CT molecular complexity index is 1140. The lowest BCUT2D eigenvalue weighted by molar-refractivity contribution is -0.117. The molecule has 2 heterocycles. The van der Waals surface area contributed by atoms with Gasteiger partial charge in [0.2, 0.25) is 5.91 Å².